The Morgan fingerprint density at radius 2 is 1.95 bits per heavy atom. The van der Waals surface area contributed by atoms with Crippen LogP contribution in [0.2, 0.25) is 0 Å². The fourth-order valence-electron chi connectivity index (χ4n) is 3.18. The van der Waals surface area contributed by atoms with Gasteiger partial charge >= 0.3 is 0 Å². The molecule has 1 heterocycles. The van der Waals surface area contributed by atoms with Gasteiger partial charge in [0, 0.05) is 18.4 Å². The molecule has 0 bridgehead atoms. The van der Waals surface area contributed by atoms with Crippen molar-refractivity contribution in [3.8, 4) is 5.75 Å². The molecule has 0 saturated carbocycles. The summed E-state index contributed by atoms with van der Waals surface area (Å²) in [6.45, 7) is 5.45. The first kappa shape index (κ1) is 17.6. The lowest BCUT2D eigenvalue weighted by Gasteiger charge is -2.43. The Labute approximate surface area is 139 Å². The van der Waals surface area contributed by atoms with E-state index in [0.717, 1.165) is 38.1 Å². The first-order chi connectivity index (χ1) is 10.7. The van der Waals surface area contributed by atoms with Gasteiger partial charge in [0.05, 0.1) is 6.61 Å². The average Bonchev–Trinajstić information content (AvgIpc) is 2.56. The second kappa shape index (κ2) is 8.80. The van der Waals surface area contributed by atoms with Crippen LogP contribution in [-0.4, -0.2) is 54.4 Å². The van der Waals surface area contributed by atoms with Crippen molar-refractivity contribution in [1.29, 1.82) is 0 Å². The largest absolute Gasteiger partial charge is 0.494 e. The van der Waals surface area contributed by atoms with E-state index in [9.17, 15) is 5.11 Å². The zero-order chi connectivity index (χ0) is 15.8. The van der Waals surface area contributed by atoms with Crippen molar-refractivity contribution in [3.05, 3.63) is 30.3 Å². The van der Waals surface area contributed by atoms with Gasteiger partial charge in [-0.1, -0.05) is 18.2 Å². The van der Waals surface area contributed by atoms with E-state index in [1.807, 2.05) is 42.1 Å². The minimum atomic E-state index is 0.0460. The highest BCUT2D eigenvalue weighted by molar-refractivity contribution is 7.98. The van der Waals surface area contributed by atoms with Crippen molar-refractivity contribution in [1.82, 2.24) is 4.90 Å². The molecule has 1 atom stereocenters. The monoisotopic (exact) mass is 323 g/mol. The summed E-state index contributed by atoms with van der Waals surface area (Å²) < 4.78 is 5.82. The van der Waals surface area contributed by atoms with Crippen LogP contribution in [-0.2, 0) is 0 Å². The quantitative estimate of drug-likeness (QED) is 0.796. The summed E-state index contributed by atoms with van der Waals surface area (Å²) in [6, 6.07) is 10.6. The number of hydrogen-bond donors (Lipinski definition) is 1. The Balaban J connectivity index is 1.79. The molecule has 0 amide bonds. The summed E-state index contributed by atoms with van der Waals surface area (Å²) in [5.41, 5.74) is 0.0460. The second-order valence-corrected chi connectivity index (χ2v) is 7.32. The van der Waals surface area contributed by atoms with E-state index in [-0.39, 0.29) is 12.0 Å². The molecule has 0 aliphatic carbocycles. The molecule has 0 radical (unpaired) electrons. The number of ether oxygens (including phenoxy) is 1. The highest BCUT2D eigenvalue weighted by Gasteiger charge is 2.35. The molecule has 0 unspecified atom stereocenters. The molecule has 1 N–H and O–H groups in total. The number of rotatable bonds is 8. The molecule has 2 rings (SSSR count). The summed E-state index contributed by atoms with van der Waals surface area (Å²) in [6.07, 6.45) is 5.24. The molecule has 124 valence electrons. The summed E-state index contributed by atoms with van der Waals surface area (Å²) >= 11 is 1.91. The van der Waals surface area contributed by atoms with Crippen LogP contribution in [0.3, 0.4) is 0 Å². The molecule has 22 heavy (non-hydrogen) atoms. The third-order valence-electron chi connectivity index (χ3n) is 4.87. The maximum atomic E-state index is 9.89. The second-order valence-electron chi connectivity index (χ2n) is 6.41. The Morgan fingerprint density at radius 1 is 1.27 bits per heavy atom. The predicted molar refractivity (Wildman–Crippen MR) is 94.7 cm³/mol. The highest BCUT2D eigenvalue weighted by Crippen LogP contribution is 2.35. The first-order valence-corrected chi connectivity index (χ1v) is 9.60. The molecule has 1 aliphatic rings. The lowest BCUT2D eigenvalue weighted by Crippen LogP contribution is -2.46. The number of benzene rings is 1. The van der Waals surface area contributed by atoms with Crippen LogP contribution >= 0.6 is 11.8 Å². The van der Waals surface area contributed by atoms with Gasteiger partial charge in [0.1, 0.15) is 5.75 Å². The van der Waals surface area contributed by atoms with Gasteiger partial charge in [0.15, 0.2) is 0 Å². The van der Waals surface area contributed by atoms with Crippen LogP contribution in [0.4, 0.5) is 0 Å². The van der Waals surface area contributed by atoms with Gasteiger partial charge in [-0.3, -0.25) is 4.90 Å². The summed E-state index contributed by atoms with van der Waals surface area (Å²) in [4.78, 5) is 2.56. The number of thioether (sulfide) groups is 1. The van der Waals surface area contributed by atoms with E-state index in [4.69, 9.17) is 4.74 Å². The molecule has 1 aromatic carbocycles. The van der Waals surface area contributed by atoms with Crippen LogP contribution in [0.1, 0.15) is 26.2 Å². The van der Waals surface area contributed by atoms with E-state index in [0.29, 0.717) is 12.6 Å². The van der Waals surface area contributed by atoms with Gasteiger partial charge in [-0.25, -0.2) is 0 Å². The van der Waals surface area contributed by atoms with Crippen LogP contribution < -0.4 is 4.74 Å². The Hall–Kier alpha value is -0.710. The van der Waals surface area contributed by atoms with E-state index < -0.39 is 0 Å². The number of aliphatic hydroxyl groups is 1. The molecule has 0 spiro atoms. The number of piperidine rings is 1. The number of nitrogens with zero attached hydrogens (tertiary/aromatic N) is 1. The molecule has 0 aromatic heterocycles. The number of likely N-dealkylation sites (tertiary alicyclic amines) is 1. The maximum absolute atomic E-state index is 9.89. The molecule has 3 nitrogen and oxygen atoms in total. The average molecular weight is 324 g/mol. The molecule has 4 heteroatoms. The number of para-hydroxylation sites is 1. The molecule has 1 aliphatic heterocycles. The van der Waals surface area contributed by atoms with E-state index in [2.05, 4.69) is 18.1 Å². The topological polar surface area (TPSA) is 32.7 Å². The molecule has 1 aromatic rings. The normalized spacial score (nSPS) is 19.8. The maximum Gasteiger partial charge on any atom is 0.119 e. The van der Waals surface area contributed by atoms with Crippen LogP contribution in [0.25, 0.3) is 0 Å². The fourth-order valence-corrected chi connectivity index (χ4v) is 3.87. The minimum absolute atomic E-state index is 0.0460. The fraction of sp³-hybridized carbons (Fsp3) is 0.667. The third-order valence-corrected chi connectivity index (χ3v) is 5.69. The van der Waals surface area contributed by atoms with Gasteiger partial charge < -0.3 is 9.84 Å². The smallest absolute Gasteiger partial charge is 0.119 e. The summed E-state index contributed by atoms with van der Waals surface area (Å²) in [5.74, 6) is 2.10. The van der Waals surface area contributed by atoms with Crippen molar-refractivity contribution in [3.63, 3.8) is 0 Å². The molecular weight excluding hydrogens is 294 g/mol. The minimum Gasteiger partial charge on any atom is -0.494 e. The first-order valence-electron chi connectivity index (χ1n) is 8.21. The van der Waals surface area contributed by atoms with Gasteiger partial charge in [-0.15, -0.1) is 0 Å². The van der Waals surface area contributed by atoms with Crippen molar-refractivity contribution >= 4 is 11.8 Å². The van der Waals surface area contributed by atoms with E-state index >= 15 is 0 Å². The van der Waals surface area contributed by atoms with E-state index in [1.165, 1.54) is 5.75 Å². The standard InChI is InChI=1S/C18H29NO2S/c1-16(14-22-2)19-11-8-18(15-20,9-12-19)10-13-21-17-6-4-3-5-7-17/h3-7,16,20H,8-15H2,1-2H3/t16-/m0/s1. The Kier molecular flexibility index (Phi) is 7.06. The zero-order valence-electron chi connectivity index (χ0n) is 13.8. The predicted octanol–water partition coefficient (Wildman–Crippen LogP) is 3.28. The van der Waals surface area contributed by atoms with Gasteiger partial charge in [0.25, 0.3) is 0 Å². The Morgan fingerprint density at radius 3 is 2.55 bits per heavy atom. The number of aliphatic hydroxyl groups excluding tert-OH is 1. The SMILES string of the molecule is CSC[C@H](C)N1CCC(CO)(CCOc2ccccc2)CC1. The van der Waals surface area contributed by atoms with Crippen molar-refractivity contribution in [2.75, 3.05) is 38.3 Å². The van der Waals surface area contributed by atoms with E-state index in [1.54, 1.807) is 0 Å². The van der Waals surface area contributed by atoms with Crippen molar-refractivity contribution in [2.24, 2.45) is 5.41 Å². The van der Waals surface area contributed by atoms with Crippen molar-refractivity contribution < 1.29 is 9.84 Å². The summed E-state index contributed by atoms with van der Waals surface area (Å²) in [7, 11) is 0. The third kappa shape index (κ3) is 4.90. The highest BCUT2D eigenvalue weighted by atomic mass is 32.2. The molecular formula is C18H29NO2S. The lowest BCUT2D eigenvalue weighted by atomic mass is 9.76. The zero-order valence-corrected chi connectivity index (χ0v) is 14.6. The molecule has 1 fully saturated rings. The van der Waals surface area contributed by atoms with Gasteiger partial charge in [-0.2, -0.15) is 11.8 Å². The van der Waals surface area contributed by atoms with Gasteiger partial charge in [0.2, 0.25) is 0 Å². The van der Waals surface area contributed by atoms with Gasteiger partial charge in [-0.05, 0) is 63.1 Å². The van der Waals surface area contributed by atoms with Crippen LogP contribution in [0.15, 0.2) is 30.3 Å². The van der Waals surface area contributed by atoms with Crippen LogP contribution in [0, 0.1) is 5.41 Å². The van der Waals surface area contributed by atoms with Crippen molar-refractivity contribution in [2.45, 2.75) is 32.2 Å². The lowest BCUT2D eigenvalue weighted by molar-refractivity contribution is 0.0181. The molecule has 1 saturated heterocycles. The Bertz CT molecular complexity index is 418. The summed E-state index contributed by atoms with van der Waals surface area (Å²) in [5, 5.41) is 9.89. The van der Waals surface area contributed by atoms with Crippen LogP contribution in [0.5, 0.6) is 5.75 Å². The number of hydrogen-bond acceptors (Lipinski definition) is 4.